The summed E-state index contributed by atoms with van der Waals surface area (Å²) in [4.78, 5) is 0. The zero-order chi connectivity index (χ0) is 21.3. The Labute approximate surface area is 179 Å². The van der Waals surface area contributed by atoms with E-state index in [1.165, 1.54) is 11.1 Å². The van der Waals surface area contributed by atoms with Gasteiger partial charge in [-0.25, -0.2) is 0 Å². The number of aromatic amines is 1. The average Bonchev–Trinajstić information content (AvgIpc) is 3.34. The van der Waals surface area contributed by atoms with E-state index in [9.17, 15) is 5.11 Å². The van der Waals surface area contributed by atoms with Crippen molar-refractivity contribution in [3.05, 3.63) is 46.3 Å². The highest BCUT2D eigenvalue weighted by molar-refractivity contribution is 5.43. The van der Waals surface area contributed by atoms with Crippen molar-refractivity contribution in [2.24, 2.45) is 22.7 Å². The van der Waals surface area contributed by atoms with Crippen molar-refractivity contribution in [1.29, 1.82) is 0 Å². The highest BCUT2D eigenvalue weighted by Gasteiger charge is 2.68. The summed E-state index contributed by atoms with van der Waals surface area (Å²) in [6.07, 6.45) is 3.86. The minimum absolute atomic E-state index is 0.00884. The quantitative estimate of drug-likeness (QED) is 0.779. The van der Waals surface area contributed by atoms with E-state index in [1.54, 1.807) is 7.11 Å². The van der Waals surface area contributed by atoms with Crippen molar-refractivity contribution in [3.63, 3.8) is 0 Å². The predicted molar refractivity (Wildman–Crippen MR) is 116 cm³/mol. The minimum atomic E-state index is -0.242. The predicted octanol–water partition coefficient (Wildman–Crippen LogP) is 4.50. The second-order valence-corrected chi connectivity index (χ2v) is 10.4. The summed E-state index contributed by atoms with van der Waals surface area (Å²) in [5.74, 6) is 1.87. The molecular weight excluding hydrogens is 376 g/mol. The number of benzene rings is 1. The van der Waals surface area contributed by atoms with Gasteiger partial charge in [-0.05, 0) is 73.6 Å². The molecule has 5 rings (SSSR count). The molecule has 5 heteroatoms. The first-order chi connectivity index (χ1) is 14.3. The molecule has 2 aromatic rings. The second-order valence-electron chi connectivity index (χ2n) is 10.4. The molecule has 1 saturated heterocycles. The summed E-state index contributed by atoms with van der Waals surface area (Å²) in [5.41, 5.74) is 5.76. The number of aryl methyl sites for hydroxylation is 2. The lowest BCUT2D eigenvalue weighted by atomic mass is 9.60. The highest BCUT2D eigenvalue weighted by atomic mass is 16.5. The van der Waals surface area contributed by atoms with E-state index >= 15 is 0 Å². The van der Waals surface area contributed by atoms with E-state index in [2.05, 4.69) is 49.2 Å². The third-order valence-electron chi connectivity index (χ3n) is 8.72. The molecule has 1 aromatic heterocycles. The van der Waals surface area contributed by atoms with Gasteiger partial charge in [-0.15, -0.1) is 0 Å². The maximum Gasteiger partial charge on any atom is 0.122 e. The molecule has 0 radical (unpaired) electrons. The number of hydrogen-bond donors (Lipinski definition) is 2. The van der Waals surface area contributed by atoms with E-state index in [1.807, 2.05) is 6.92 Å². The number of fused-ring (bicyclic) bond motifs is 1. The normalized spacial score (nSPS) is 34.2. The van der Waals surface area contributed by atoms with Crippen LogP contribution >= 0.6 is 0 Å². The molecule has 5 nitrogen and oxygen atoms in total. The smallest absolute Gasteiger partial charge is 0.122 e. The molecule has 2 heterocycles. The van der Waals surface area contributed by atoms with Crippen molar-refractivity contribution < 1.29 is 14.6 Å². The monoisotopic (exact) mass is 410 g/mol. The van der Waals surface area contributed by atoms with Crippen LogP contribution < -0.4 is 4.74 Å². The van der Waals surface area contributed by atoms with Crippen molar-refractivity contribution in [2.75, 3.05) is 13.7 Å². The number of aliphatic hydroxyl groups excluding tert-OH is 1. The first kappa shape index (κ1) is 20.1. The Kier molecular flexibility index (Phi) is 4.57. The van der Waals surface area contributed by atoms with E-state index in [0.29, 0.717) is 11.8 Å². The van der Waals surface area contributed by atoms with Crippen LogP contribution in [0.5, 0.6) is 5.75 Å². The van der Waals surface area contributed by atoms with Gasteiger partial charge < -0.3 is 14.6 Å². The number of methoxy groups -OCH3 is 1. The maximum absolute atomic E-state index is 11.3. The molecule has 2 N–H and O–H groups in total. The number of aliphatic hydroxyl groups is 1. The summed E-state index contributed by atoms with van der Waals surface area (Å²) in [7, 11) is 1.73. The van der Waals surface area contributed by atoms with Gasteiger partial charge in [0.25, 0.3) is 0 Å². The average molecular weight is 411 g/mol. The third kappa shape index (κ3) is 2.71. The van der Waals surface area contributed by atoms with E-state index in [0.717, 1.165) is 55.0 Å². The van der Waals surface area contributed by atoms with Crippen LogP contribution in [0.25, 0.3) is 0 Å². The number of H-pyrrole nitrogens is 1. The molecule has 1 unspecified atom stereocenters. The molecular formula is C25H34N2O3. The number of rotatable bonds is 4. The topological polar surface area (TPSA) is 67.4 Å². The molecule has 1 aliphatic heterocycles. The van der Waals surface area contributed by atoms with Crippen LogP contribution in [0.2, 0.25) is 0 Å². The van der Waals surface area contributed by atoms with Gasteiger partial charge in [-0.1, -0.05) is 19.9 Å². The fraction of sp³-hybridized carbons (Fsp3) is 0.640. The van der Waals surface area contributed by atoms with Crippen molar-refractivity contribution >= 4 is 0 Å². The standard InChI is InChI=1S/C25H34N2O3/c1-14-19(15(2)27-26-14)11-17-10-16(6-7-21(17)29-5)22-20-12-18-13-25(20,8-9-30-22)23(28)24(18,3)4/h6-7,10,18,20,22-23,28H,8-9,11-13H2,1-5H3,(H,26,27)/t18-,20-,22-,23-,25?/m1/s1. The first-order valence-electron chi connectivity index (χ1n) is 11.2. The van der Waals surface area contributed by atoms with Crippen LogP contribution in [0.15, 0.2) is 18.2 Å². The lowest BCUT2D eigenvalue weighted by Gasteiger charge is -2.51. The van der Waals surface area contributed by atoms with Gasteiger partial charge in [-0.2, -0.15) is 5.10 Å². The number of nitrogens with one attached hydrogen (secondary N) is 1. The number of aromatic nitrogens is 2. The van der Waals surface area contributed by atoms with Gasteiger partial charge in [0.1, 0.15) is 5.75 Å². The summed E-state index contributed by atoms with van der Waals surface area (Å²) in [6.45, 7) is 9.33. The van der Waals surface area contributed by atoms with Gasteiger partial charge in [0, 0.05) is 29.7 Å². The van der Waals surface area contributed by atoms with Gasteiger partial charge in [0.15, 0.2) is 0 Å². The molecule has 2 aliphatic carbocycles. The maximum atomic E-state index is 11.3. The Bertz CT molecular complexity index is 946. The Morgan fingerprint density at radius 3 is 2.77 bits per heavy atom. The van der Waals surface area contributed by atoms with Gasteiger partial charge in [-0.3, -0.25) is 5.10 Å². The molecule has 2 bridgehead atoms. The van der Waals surface area contributed by atoms with Gasteiger partial charge in [0.2, 0.25) is 0 Å². The Balaban J connectivity index is 1.49. The van der Waals surface area contributed by atoms with Gasteiger partial charge >= 0.3 is 0 Å². The minimum Gasteiger partial charge on any atom is -0.496 e. The summed E-state index contributed by atoms with van der Waals surface area (Å²) in [5, 5.41) is 18.7. The van der Waals surface area contributed by atoms with Crippen LogP contribution in [0.4, 0.5) is 0 Å². The zero-order valence-electron chi connectivity index (χ0n) is 18.8. The van der Waals surface area contributed by atoms with Crippen molar-refractivity contribution in [1.82, 2.24) is 10.2 Å². The fourth-order valence-electron chi connectivity index (χ4n) is 6.89. The lowest BCUT2D eigenvalue weighted by Crippen LogP contribution is -2.51. The van der Waals surface area contributed by atoms with Crippen LogP contribution in [0.1, 0.15) is 67.3 Å². The molecule has 3 fully saturated rings. The largest absolute Gasteiger partial charge is 0.496 e. The van der Waals surface area contributed by atoms with Crippen molar-refractivity contribution in [2.45, 2.75) is 65.6 Å². The molecule has 0 amide bonds. The van der Waals surface area contributed by atoms with E-state index in [-0.39, 0.29) is 23.0 Å². The Hall–Kier alpha value is -1.85. The molecule has 3 aliphatic rings. The summed E-state index contributed by atoms with van der Waals surface area (Å²) >= 11 is 0. The van der Waals surface area contributed by atoms with E-state index < -0.39 is 0 Å². The Morgan fingerprint density at radius 2 is 2.10 bits per heavy atom. The summed E-state index contributed by atoms with van der Waals surface area (Å²) < 4.78 is 12.1. The van der Waals surface area contributed by atoms with Crippen LogP contribution in [0, 0.1) is 36.5 Å². The third-order valence-corrected chi connectivity index (χ3v) is 8.72. The van der Waals surface area contributed by atoms with Crippen LogP contribution in [0.3, 0.4) is 0 Å². The fourth-order valence-corrected chi connectivity index (χ4v) is 6.89. The first-order valence-corrected chi connectivity index (χ1v) is 11.2. The highest BCUT2D eigenvalue weighted by Crippen LogP contribution is 2.70. The van der Waals surface area contributed by atoms with Crippen LogP contribution in [-0.2, 0) is 11.2 Å². The zero-order valence-corrected chi connectivity index (χ0v) is 18.8. The Morgan fingerprint density at radius 1 is 1.30 bits per heavy atom. The molecule has 162 valence electrons. The molecule has 30 heavy (non-hydrogen) atoms. The molecule has 1 aromatic carbocycles. The molecule has 2 saturated carbocycles. The lowest BCUT2D eigenvalue weighted by molar-refractivity contribution is -0.164. The SMILES string of the molecule is COc1ccc([C@H]2OCCC34C[C@@H](C[C@H]23)C(C)(C)[C@H]4O)cc1Cc1c(C)n[nH]c1C. The molecule has 1 spiro atoms. The number of nitrogens with zero attached hydrogens (tertiary/aromatic N) is 1. The number of hydrogen-bond acceptors (Lipinski definition) is 4. The molecule has 5 atom stereocenters. The van der Waals surface area contributed by atoms with E-state index in [4.69, 9.17) is 9.47 Å². The van der Waals surface area contributed by atoms with Crippen LogP contribution in [-0.4, -0.2) is 35.1 Å². The number of ether oxygens (including phenoxy) is 2. The second kappa shape index (κ2) is 6.83. The van der Waals surface area contributed by atoms with Gasteiger partial charge in [0.05, 0.1) is 25.0 Å². The van der Waals surface area contributed by atoms with Crippen molar-refractivity contribution in [3.8, 4) is 5.75 Å². The summed E-state index contributed by atoms with van der Waals surface area (Å²) in [6, 6.07) is 6.50.